The average Bonchev–Trinajstić information content (AvgIpc) is 3.36. The van der Waals surface area contributed by atoms with E-state index < -0.39 is 0 Å². The number of amides is 1. The maximum absolute atomic E-state index is 12.9. The number of fused-ring (bicyclic) bond motifs is 1. The second kappa shape index (κ2) is 7.73. The van der Waals surface area contributed by atoms with Crippen molar-refractivity contribution in [1.29, 1.82) is 0 Å². The summed E-state index contributed by atoms with van der Waals surface area (Å²) in [5, 5.41) is 4.17. The van der Waals surface area contributed by atoms with Crippen LogP contribution in [0.25, 0.3) is 9.53 Å². The lowest BCUT2D eigenvalue weighted by molar-refractivity contribution is 0.0736. The molecule has 3 aromatic rings. The highest BCUT2D eigenvalue weighted by atomic mass is 32.1. The van der Waals surface area contributed by atoms with E-state index in [-0.39, 0.29) is 5.91 Å². The summed E-state index contributed by atoms with van der Waals surface area (Å²) in [5.41, 5.74) is 1.01. The van der Waals surface area contributed by atoms with Gasteiger partial charge in [-0.2, -0.15) is 0 Å². The van der Waals surface area contributed by atoms with Crippen molar-refractivity contribution in [2.45, 2.75) is 13.3 Å². The topological polar surface area (TPSA) is 54.5 Å². The predicted octanol–water partition coefficient (Wildman–Crippen LogP) is 4.60. The van der Waals surface area contributed by atoms with Crippen molar-refractivity contribution in [3.05, 3.63) is 41.3 Å². The number of carbonyl (C=O) groups is 1. The first-order chi connectivity index (χ1) is 12.7. The zero-order valence-corrected chi connectivity index (χ0v) is 16.2. The van der Waals surface area contributed by atoms with E-state index in [4.69, 9.17) is 4.74 Å². The van der Waals surface area contributed by atoms with E-state index in [0.29, 0.717) is 5.92 Å². The Morgan fingerprint density at radius 1 is 1.35 bits per heavy atom. The van der Waals surface area contributed by atoms with Crippen molar-refractivity contribution >= 4 is 48.9 Å². The Bertz CT molecular complexity index is 853. The fourth-order valence-corrected chi connectivity index (χ4v) is 5.19. The van der Waals surface area contributed by atoms with Gasteiger partial charge in [-0.1, -0.05) is 29.5 Å². The van der Waals surface area contributed by atoms with Crippen molar-refractivity contribution in [3.8, 4) is 0 Å². The molecule has 136 valence electrons. The lowest BCUT2D eigenvalue weighted by atomic mass is 10.1. The number of thiazole rings is 1. The van der Waals surface area contributed by atoms with Crippen LogP contribution in [-0.4, -0.2) is 42.1 Å². The molecule has 2 aromatic heterocycles. The Morgan fingerprint density at radius 2 is 2.19 bits per heavy atom. The first-order valence-corrected chi connectivity index (χ1v) is 10.5. The van der Waals surface area contributed by atoms with Gasteiger partial charge >= 0.3 is 0 Å². The maximum atomic E-state index is 12.9. The van der Waals surface area contributed by atoms with Crippen LogP contribution < -0.4 is 5.32 Å². The summed E-state index contributed by atoms with van der Waals surface area (Å²) in [7, 11) is 0. The third-order valence-corrected chi connectivity index (χ3v) is 6.56. The number of hydrogen-bond donors (Lipinski definition) is 1. The largest absolute Gasteiger partial charge is 0.381 e. The van der Waals surface area contributed by atoms with Crippen LogP contribution in [0.3, 0.4) is 0 Å². The third kappa shape index (κ3) is 3.75. The number of rotatable bonds is 6. The van der Waals surface area contributed by atoms with Gasteiger partial charge in [0.2, 0.25) is 0 Å². The summed E-state index contributed by atoms with van der Waals surface area (Å²) < 4.78 is 6.49. The fourth-order valence-electron chi connectivity index (χ4n) is 3.09. The van der Waals surface area contributed by atoms with Crippen LogP contribution in [0.4, 0.5) is 10.8 Å². The average molecular weight is 388 g/mol. The number of carbonyl (C=O) groups excluding carboxylic acids is 1. The van der Waals surface area contributed by atoms with Gasteiger partial charge in [0.15, 0.2) is 5.13 Å². The molecule has 1 N–H and O–H groups in total. The van der Waals surface area contributed by atoms with Gasteiger partial charge in [-0.15, -0.1) is 11.3 Å². The number of para-hydroxylation sites is 1. The lowest BCUT2D eigenvalue weighted by Gasteiger charge is -2.23. The van der Waals surface area contributed by atoms with E-state index in [1.807, 2.05) is 48.2 Å². The monoisotopic (exact) mass is 387 g/mol. The van der Waals surface area contributed by atoms with Gasteiger partial charge in [0, 0.05) is 31.3 Å². The number of nitrogens with one attached hydrogen (secondary N) is 1. The molecule has 5 nitrogen and oxygen atoms in total. The summed E-state index contributed by atoms with van der Waals surface area (Å²) in [5.74, 6) is 0.562. The van der Waals surface area contributed by atoms with E-state index in [1.165, 1.54) is 11.3 Å². The number of benzene rings is 1. The fraction of sp³-hybridized carbons (Fsp3) is 0.368. The molecule has 0 bridgehead atoms. The second-order valence-corrected chi connectivity index (χ2v) is 8.42. The minimum Gasteiger partial charge on any atom is -0.381 e. The highest BCUT2D eigenvalue weighted by molar-refractivity contribution is 7.29. The van der Waals surface area contributed by atoms with Gasteiger partial charge in [0.25, 0.3) is 5.91 Å². The molecule has 1 saturated heterocycles. The maximum Gasteiger partial charge on any atom is 0.264 e. The van der Waals surface area contributed by atoms with Gasteiger partial charge in [0.1, 0.15) is 4.83 Å². The van der Waals surface area contributed by atoms with Gasteiger partial charge in [-0.3, -0.25) is 4.79 Å². The Balaban J connectivity index is 1.48. The molecular weight excluding hydrogens is 366 g/mol. The minimum absolute atomic E-state index is 0.104. The molecule has 0 saturated carbocycles. The summed E-state index contributed by atoms with van der Waals surface area (Å²) in [6.07, 6.45) is 1.04. The molecule has 1 aliphatic heterocycles. The smallest absolute Gasteiger partial charge is 0.264 e. The van der Waals surface area contributed by atoms with E-state index in [1.54, 1.807) is 11.3 Å². The quantitative estimate of drug-likeness (QED) is 0.672. The molecule has 1 aliphatic rings. The second-order valence-electron chi connectivity index (χ2n) is 6.36. The van der Waals surface area contributed by atoms with Gasteiger partial charge < -0.3 is 15.0 Å². The molecule has 3 heterocycles. The molecule has 0 aliphatic carbocycles. The van der Waals surface area contributed by atoms with Gasteiger partial charge in [0.05, 0.1) is 16.2 Å². The number of aromatic nitrogens is 1. The van der Waals surface area contributed by atoms with E-state index in [0.717, 1.165) is 58.0 Å². The van der Waals surface area contributed by atoms with Crippen molar-refractivity contribution in [2.75, 3.05) is 31.6 Å². The van der Waals surface area contributed by atoms with Crippen LogP contribution in [0.5, 0.6) is 0 Å². The zero-order valence-electron chi connectivity index (χ0n) is 14.6. The molecule has 1 fully saturated rings. The molecule has 1 amide bonds. The summed E-state index contributed by atoms with van der Waals surface area (Å²) in [6, 6.07) is 12.0. The van der Waals surface area contributed by atoms with Crippen molar-refractivity contribution in [2.24, 2.45) is 5.92 Å². The molecule has 1 unspecified atom stereocenters. The molecule has 1 atom stereocenters. The molecule has 7 heteroatoms. The lowest BCUT2D eigenvalue weighted by Crippen LogP contribution is -2.35. The Hall–Kier alpha value is -1.96. The number of thiophene rings is 1. The van der Waals surface area contributed by atoms with Crippen LogP contribution >= 0.6 is 22.7 Å². The van der Waals surface area contributed by atoms with Gasteiger partial charge in [-0.05, 0) is 31.5 Å². The summed E-state index contributed by atoms with van der Waals surface area (Å²) in [6.45, 7) is 5.10. The highest BCUT2D eigenvalue weighted by Gasteiger charge is 2.24. The van der Waals surface area contributed by atoms with E-state index >= 15 is 0 Å². The van der Waals surface area contributed by atoms with Crippen LogP contribution in [0, 0.1) is 5.92 Å². The molecule has 26 heavy (non-hydrogen) atoms. The Kier molecular flexibility index (Phi) is 5.19. The third-order valence-electron chi connectivity index (χ3n) is 4.50. The van der Waals surface area contributed by atoms with Crippen molar-refractivity contribution < 1.29 is 9.53 Å². The Morgan fingerprint density at radius 3 is 2.88 bits per heavy atom. The number of hydrogen-bond acceptors (Lipinski definition) is 6. The molecular formula is C19H21N3O2S2. The molecule has 0 radical (unpaired) electrons. The molecule has 1 aromatic carbocycles. The zero-order chi connectivity index (χ0) is 17.9. The predicted molar refractivity (Wildman–Crippen MR) is 108 cm³/mol. The summed E-state index contributed by atoms with van der Waals surface area (Å²) >= 11 is 3.06. The Labute approximate surface area is 160 Å². The van der Waals surface area contributed by atoms with Crippen LogP contribution in [0.1, 0.15) is 23.0 Å². The van der Waals surface area contributed by atoms with Crippen molar-refractivity contribution in [3.63, 3.8) is 0 Å². The van der Waals surface area contributed by atoms with E-state index in [9.17, 15) is 4.79 Å². The highest BCUT2D eigenvalue weighted by Crippen LogP contribution is 2.34. The first kappa shape index (κ1) is 17.5. The molecule has 0 spiro atoms. The van der Waals surface area contributed by atoms with Gasteiger partial charge in [-0.25, -0.2) is 4.98 Å². The standard InChI is InChI=1S/C19H21N3O2S2/c1-2-22(11-13-8-9-24-12-13)18(23)16-10-15-17(25-16)21-19(26-15)20-14-6-4-3-5-7-14/h3-7,10,13H,2,8-9,11-12H2,1H3,(H,20,21). The van der Waals surface area contributed by atoms with Crippen molar-refractivity contribution in [1.82, 2.24) is 9.88 Å². The van der Waals surface area contributed by atoms with E-state index in [2.05, 4.69) is 10.3 Å². The number of nitrogens with zero attached hydrogens (tertiary/aromatic N) is 2. The number of ether oxygens (including phenoxy) is 1. The minimum atomic E-state index is 0.104. The molecule has 4 rings (SSSR count). The van der Waals surface area contributed by atoms with Crippen LogP contribution in [0.15, 0.2) is 36.4 Å². The number of anilines is 2. The first-order valence-electron chi connectivity index (χ1n) is 8.82. The van der Waals surface area contributed by atoms with Crippen LogP contribution in [0.2, 0.25) is 0 Å². The van der Waals surface area contributed by atoms with Crippen LogP contribution in [-0.2, 0) is 4.74 Å². The normalized spacial score (nSPS) is 16.9. The SMILES string of the molecule is CCN(CC1CCOC1)C(=O)c1cc2sc(Nc3ccccc3)nc2s1. The summed E-state index contributed by atoms with van der Waals surface area (Å²) in [4.78, 5) is 21.1.